The van der Waals surface area contributed by atoms with Gasteiger partial charge in [-0.15, -0.1) is 0 Å². The first-order valence-corrected chi connectivity index (χ1v) is 7.21. The fourth-order valence-corrected chi connectivity index (χ4v) is 2.11. The second-order valence-corrected chi connectivity index (χ2v) is 4.83. The van der Waals surface area contributed by atoms with Crippen LogP contribution in [0, 0.1) is 0 Å². The van der Waals surface area contributed by atoms with Gasteiger partial charge in [0.1, 0.15) is 6.26 Å². The van der Waals surface area contributed by atoms with Crippen molar-refractivity contribution in [3.8, 4) is 11.1 Å². The lowest BCUT2D eigenvalue weighted by molar-refractivity contribution is 0.223. The van der Waals surface area contributed by atoms with Crippen molar-refractivity contribution < 1.29 is 14.3 Å². The molecule has 1 heterocycles. The fourth-order valence-electron chi connectivity index (χ4n) is 2.11. The van der Waals surface area contributed by atoms with Crippen LogP contribution in [-0.4, -0.2) is 18.3 Å². The molecule has 0 saturated carbocycles. The van der Waals surface area contributed by atoms with E-state index < -0.39 is 5.63 Å². The van der Waals surface area contributed by atoms with Crippen molar-refractivity contribution in [3.05, 3.63) is 69.3 Å². The second-order valence-electron chi connectivity index (χ2n) is 4.83. The summed E-state index contributed by atoms with van der Waals surface area (Å²) in [6, 6.07) is 10.8. The number of nitrogens with two attached hydrogens (primary N) is 1. The van der Waals surface area contributed by atoms with E-state index in [9.17, 15) is 9.90 Å². The van der Waals surface area contributed by atoms with Crippen molar-refractivity contribution in [2.75, 3.05) is 13.2 Å². The van der Waals surface area contributed by atoms with Crippen LogP contribution in [-0.2, 0) is 4.74 Å². The van der Waals surface area contributed by atoms with Gasteiger partial charge in [0.15, 0.2) is 5.42 Å². The molecule has 2 aromatic rings. The largest absolute Gasteiger partial charge is 0.512 e. The molecular formula is C18H19NO4. The summed E-state index contributed by atoms with van der Waals surface area (Å²) in [5.74, 6) is 0.671. The van der Waals surface area contributed by atoms with Gasteiger partial charge in [-0.25, -0.2) is 4.79 Å². The quantitative estimate of drug-likeness (QED) is 0.812. The maximum Gasteiger partial charge on any atom is 0.336 e. The number of aliphatic hydroxyl groups is 1. The Morgan fingerprint density at radius 1 is 1.35 bits per heavy atom. The van der Waals surface area contributed by atoms with Gasteiger partial charge < -0.3 is 20.0 Å². The van der Waals surface area contributed by atoms with Crippen LogP contribution in [0.4, 0.5) is 0 Å². The smallest absolute Gasteiger partial charge is 0.336 e. The van der Waals surface area contributed by atoms with Crippen molar-refractivity contribution >= 4 is 12.3 Å². The van der Waals surface area contributed by atoms with Crippen LogP contribution in [0.3, 0.4) is 0 Å². The van der Waals surface area contributed by atoms with E-state index in [-0.39, 0.29) is 5.42 Å². The molecule has 0 radical (unpaired) electrons. The number of allylic oxidation sites excluding steroid dienone is 2. The Bertz CT molecular complexity index is 851. The highest BCUT2D eigenvalue weighted by Crippen LogP contribution is 2.12. The number of aliphatic hydroxyl groups excluding tert-OH is 1. The summed E-state index contributed by atoms with van der Waals surface area (Å²) in [5.41, 5.74) is 6.49. The lowest BCUT2D eigenvalue weighted by Crippen LogP contribution is -2.31. The number of benzene rings is 1. The number of rotatable bonds is 5. The fraction of sp³-hybridized carbons (Fsp3) is 0.167. The third-order valence-electron chi connectivity index (χ3n) is 3.16. The first kappa shape index (κ1) is 16.6. The van der Waals surface area contributed by atoms with Gasteiger partial charge in [-0.05, 0) is 30.2 Å². The van der Waals surface area contributed by atoms with E-state index in [4.69, 9.17) is 14.9 Å². The number of ether oxygens (including phenoxy) is 1. The van der Waals surface area contributed by atoms with Gasteiger partial charge in [-0.1, -0.05) is 30.3 Å². The first-order chi connectivity index (χ1) is 11.2. The van der Waals surface area contributed by atoms with E-state index >= 15 is 0 Å². The van der Waals surface area contributed by atoms with Gasteiger partial charge >= 0.3 is 5.63 Å². The van der Waals surface area contributed by atoms with Gasteiger partial charge in [0.25, 0.3) is 0 Å². The average molecular weight is 313 g/mol. The Hall–Kier alpha value is -2.79. The van der Waals surface area contributed by atoms with Crippen molar-refractivity contribution in [1.82, 2.24) is 0 Å². The van der Waals surface area contributed by atoms with Crippen LogP contribution in [0.25, 0.3) is 23.5 Å². The molecule has 0 aliphatic carbocycles. The van der Waals surface area contributed by atoms with Crippen molar-refractivity contribution in [2.45, 2.75) is 6.92 Å². The van der Waals surface area contributed by atoms with Crippen LogP contribution in [0.5, 0.6) is 0 Å². The van der Waals surface area contributed by atoms with Crippen LogP contribution in [0.1, 0.15) is 6.92 Å². The van der Waals surface area contributed by atoms with Gasteiger partial charge in [0, 0.05) is 17.8 Å². The molecule has 0 spiro atoms. The molecule has 0 amide bonds. The molecule has 120 valence electrons. The van der Waals surface area contributed by atoms with Crippen molar-refractivity contribution in [1.29, 1.82) is 0 Å². The number of hydrogen-bond acceptors (Lipinski definition) is 5. The number of hydrogen-bond donors (Lipinski definition) is 2. The molecule has 0 aliphatic heterocycles. The van der Waals surface area contributed by atoms with E-state index in [0.29, 0.717) is 29.7 Å². The van der Waals surface area contributed by atoms with Crippen LogP contribution < -0.4 is 22.0 Å². The predicted octanol–water partition coefficient (Wildman–Crippen LogP) is 1.26. The Labute approximate surface area is 133 Å². The maximum atomic E-state index is 11.7. The summed E-state index contributed by atoms with van der Waals surface area (Å²) in [5, 5.41) is 9.97. The molecule has 0 atom stereocenters. The zero-order valence-corrected chi connectivity index (χ0v) is 12.9. The van der Waals surface area contributed by atoms with Gasteiger partial charge in [0.2, 0.25) is 0 Å². The molecule has 5 heteroatoms. The minimum Gasteiger partial charge on any atom is -0.512 e. The summed E-state index contributed by atoms with van der Waals surface area (Å²) in [4.78, 5) is 11.7. The Morgan fingerprint density at radius 3 is 2.74 bits per heavy atom. The van der Waals surface area contributed by atoms with E-state index in [1.165, 1.54) is 6.07 Å². The highest BCUT2D eigenvalue weighted by atomic mass is 16.5. The molecule has 5 nitrogen and oxygen atoms in total. The molecule has 3 N–H and O–H groups in total. The normalized spacial score (nSPS) is 13.4. The van der Waals surface area contributed by atoms with Gasteiger partial charge in [-0.2, -0.15) is 0 Å². The Kier molecular flexibility index (Phi) is 5.77. The van der Waals surface area contributed by atoms with Crippen molar-refractivity contribution in [3.63, 3.8) is 0 Å². The zero-order chi connectivity index (χ0) is 16.7. The van der Waals surface area contributed by atoms with Crippen LogP contribution in [0.15, 0.2) is 57.4 Å². The monoisotopic (exact) mass is 313 g/mol. The summed E-state index contributed by atoms with van der Waals surface area (Å²) in [6.45, 7) is 2.65. The molecule has 2 rings (SSSR count). The van der Waals surface area contributed by atoms with E-state index in [2.05, 4.69) is 0 Å². The van der Waals surface area contributed by atoms with Crippen molar-refractivity contribution in [2.24, 2.45) is 5.73 Å². The lowest BCUT2D eigenvalue weighted by Gasteiger charge is -2.04. The van der Waals surface area contributed by atoms with E-state index in [0.717, 1.165) is 11.8 Å². The molecule has 1 aromatic carbocycles. The predicted molar refractivity (Wildman–Crippen MR) is 90.0 cm³/mol. The second kappa shape index (κ2) is 8.00. The Morgan fingerprint density at radius 2 is 2.09 bits per heavy atom. The summed E-state index contributed by atoms with van der Waals surface area (Å²) < 4.78 is 10.4. The minimum absolute atomic E-state index is 0.0965. The van der Waals surface area contributed by atoms with E-state index in [1.807, 2.05) is 30.3 Å². The zero-order valence-electron chi connectivity index (χ0n) is 12.9. The Balaban J connectivity index is 2.64. The van der Waals surface area contributed by atoms with Crippen LogP contribution in [0.2, 0.25) is 0 Å². The van der Waals surface area contributed by atoms with E-state index in [1.54, 1.807) is 19.1 Å². The van der Waals surface area contributed by atoms with Gasteiger partial charge in [0.05, 0.1) is 12.4 Å². The summed E-state index contributed by atoms with van der Waals surface area (Å²) in [7, 11) is 0. The van der Waals surface area contributed by atoms with Gasteiger partial charge in [-0.3, -0.25) is 0 Å². The third-order valence-corrected chi connectivity index (χ3v) is 3.16. The molecule has 0 unspecified atom stereocenters. The highest BCUT2D eigenvalue weighted by Gasteiger charge is 2.04. The average Bonchev–Trinajstić information content (AvgIpc) is 2.58. The topological polar surface area (TPSA) is 85.7 Å². The maximum absolute atomic E-state index is 11.7. The molecule has 23 heavy (non-hydrogen) atoms. The standard InChI is InChI=1S/C18H19NO4/c1-13(22-10-9-19)7-8-15-16(14-5-3-2-4-6-14)11-18(21)23-17(15)12-20/h2-8,11-12,20H,9-10,19H2,1H3/b13-7+,15-8-,17-12-. The SMILES string of the molecule is C\C(=C/C=c1/c(-c2ccccc2)cc(=O)o/c1=C\O)OCCN. The molecule has 0 aliphatic rings. The third kappa shape index (κ3) is 4.34. The lowest BCUT2D eigenvalue weighted by atomic mass is 10.0. The molecule has 1 aromatic heterocycles. The molecular weight excluding hydrogens is 294 g/mol. The van der Waals surface area contributed by atoms with Crippen LogP contribution >= 0.6 is 0 Å². The summed E-state index contributed by atoms with van der Waals surface area (Å²) >= 11 is 0. The first-order valence-electron chi connectivity index (χ1n) is 7.21. The molecule has 0 bridgehead atoms. The minimum atomic E-state index is -0.526. The summed E-state index contributed by atoms with van der Waals surface area (Å²) in [6.07, 6.45) is 4.26. The molecule has 0 fully saturated rings. The highest BCUT2D eigenvalue weighted by molar-refractivity contribution is 5.65. The molecule has 0 saturated heterocycles.